The van der Waals surface area contributed by atoms with Gasteiger partial charge in [-0.3, -0.25) is 9.59 Å². The zero-order chi connectivity index (χ0) is 16.3. The summed E-state index contributed by atoms with van der Waals surface area (Å²) >= 11 is 0. The third kappa shape index (κ3) is 1.74. The summed E-state index contributed by atoms with van der Waals surface area (Å²) in [6, 6.07) is 15.6. The highest BCUT2D eigenvalue weighted by Crippen LogP contribution is 2.62. The topological polar surface area (TPSA) is 52.6 Å². The van der Waals surface area contributed by atoms with Gasteiger partial charge in [0.2, 0.25) is 0 Å². The van der Waals surface area contributed by atoms with Crippen molar-refractivity contribution in [1.82, 2.24) is 0 Å². The normalized spacial score (nSPS) is 30.2. The lowest BCUT2D eigenvalue weighted by molar-refractivity contribution is -0.142. The molecule has 4 atom stereocenters. The molecule has 0 unspecified atom stereocenters. The van der Waals surface area contributed by atoms with Crippen molar-refractivity contribution in [2.24, 2.45) is 11.8 Å². The van der Waals surface area contributed by atoms with Crippen LogP contribution >= 0.6 is 0 Å². The molecule has 2 aliphatic heterocycles. The molecule has 1 fully saturated rings. The summed E-state index contributed by atoms with van der Waals surface area (Å²) in [4.78, 5) is 25.3. The molecule has 0 aromatic heterocycles. The molecule has 1 aliphatic carbocycles. The van der Waals surface area contributed by atoms with E-state index in [1.54, 1.807) is 0 Å². The molecule has 120 valence electrons. The monoisotopic (exact) mass is 320 g/mol. The predicted octanol–water partition coefficient (Wildman–Crippen LogP) is 2.72. The van der Waals surface area contributed by atoms with E-state index in [-0.39, 0.29) is 48.5 Å². The molecule has 0 saturated heterocycles. The predicted molar refractivity (Wildman–Crippen MR) is 86.4 cm³/mol. The fourth-order valence-corrected chi connectivity index (χ4v) is 4.59. The molecule has 2 aromatic carbocycles. The molecule has 2 aromatic rings. The lowest BCUT2D eigenvalue weighted by Gasteiger charge is -2.49. The van der Waals surface area contributed by atoms with Crippen molar-refractivity contribution in [1.29, 1.82) is 0 Å². The summed E-state index contributed by atoms with van der Waals surface area (Å²) in [5.41, 5.74) is 2.05. The van der Waals surface area contributed by atoms with E-state index >= 15 is 0 Å². The van der Waals surface area contributed by atoms with E-state index in [1.807, 2.05) is 48.5 Å². The second-order valence-corrected chi connectivity index (χ2v) is 6.69. The van der Waals surface area contributed by atoms with Gasteiger partial charge >= 0.3 is 0 Å². The number of carbonyl (C=O) groups is 2. The molecule has 0 radical (unpaired) electrons. The standard InChI is InChI=1S/C20H16O4/c21-13-9-23-15-7-3-1-5-11(15)17-18-12-6-2-4-8-16(12)24-10-14(22)20(18)19(13)17/h1-8,17-20H,9-10H2/t17-,18-,19+,20+/m1/s1. The lowest BCUT2D eigenvalue weighted by Crippen LogP contribution is -2.51. The number of hydrogen-bond acceptors (Lipinski definition) is 4. The highest BCUT2D eigenvalue weighted by Gasteiger charge is 2.60. The molecular formula is C20H16O4. The first-order valence-electron chi connectivity index (χ1n) is 8.24. The SMILES string of the molecule is O=C1COc2ccccc2[C@H]2[C@H]1[C@H]1C(=O)COc3ccccc3[C@@H]12. The first-order valence-corrected chi connectivity index (χ1v) is 8.24. The van der Waals surface area contributed by atoms with Gasteiger partial charge in [0.05, 0.1) is 0 Å². The van der Waals surface area contributed by atoms with Crippen LogP contribution in [0.25, 0.3) is 0 Å². The average Bonchev–Trinajstić information content (AvgIpc) is 2.77. The van der Waals surface area contributed by atoms with Crippen LogP contribution < -0.4 is 9.47 Å². The van der Waals surface area contributed by atoms with Gasteiger partial charge in [0, 0.05) is 23.7 Å². The summed E-state index contributed by atoms with van der Waals surface area (Å²) in [6.07, 6.45) is 0. The summed E-state index contributed by atoms with van der Waals surface area (Å²) < 4.78 is 11.4. The Morgan fingerprint density at radius 3 is 1.50 bits per heavy atom. The summed E-state index contributed by atoms with van der Waals surface area (Å²) in [7, 11) is 0. The molecule has 4 heteroatoms. The van der Waals surface area contributed by atoms with Crippen molar-refractivity contribution < 1.29 is 19.1 Å². The van der Waals surface area contributed by atoms with Crippen LogP contribution in [0.2, 0.25) is 0 Å². The Bertz CT molecular complexity index is 785. The first kappa shape index (κ1) is 13.8. The number of hydrogen-bond donors (Lipinski definition) is 0. The number of ketones is 2. The van der Waals surface area contributed by atoms with Gasteiger partial charge in [0.25, 0.3) is 0 Å². The van der Waals surface area contributed by atoms with E-state index in [4.69, 9.17) is 9.47 Å². The minimum absolute atomic E-state index is 0.0187. The van der Waals surface area contributed by atoms with Crippen LogP contribution in [0.5, 0.6) is 11.5 Å². The fourth-order valence-electron chi connectivity index (χ4n) is 4.59. The third-order valence-corrected chi connectivity index (χ3v) is 5.59. The van der Waals surface area contributed by atoms with Gasteiger partial charge in [-0.25, -0.2) is 0 Å². The second-order valence-electron chi connectivity index (χ2n) is 6.69. The second kappa shape index (κ2) is 4.94. The maximum Gasteiger partial charge on any atom is 0.174 e. The minimum Gasteiger partial charge on any atom is -0.486 e. The van der Waals surface area contributed by atoms with E-state index in [9.17, 15) is 9.59 Å². The third-order valence-electron chi connectivity index (χ3n) is 5.59. The number of rotatable bonds is 0. The van der Waals surface area contributed by atoms with Crippen LogP contribution in [-0.4, -0.2) is 24.8 Å². The molecule has 3 aliphatic rings. The highest BCUT2D eigenvalue weighted by atomic mass is 16.5. The molecular weight excluding hydrogens is 304 g/mol. The van der Waals surface area contributed by atoms with E-state index in [0.29, 0.717) is 0 Å². The Hall–Kier alpha value is -2.62. The molecule has 5 rings (SSSR count). The average molecular weight is 320 g/mol. The zero-order valence-corrected chi connectivity index (χ0v) is 13.0. The molecule has 1 saturated carbocycles. The van der Waals surface area contributed by atoms with Crippen LogP contribution in [0, 0.1) is 11.8 Å². The number of ether oxygens (including phenoxy) is 2. The van der Waals surface area contributed by atoms with E-state index in [2.05, 4.69) is 0 Å². The van der Waals surface area contributed by atoms with Crippen molar-refractivity contribution in [2.75, 3.05) is 13.2 Å². The van der Waals surface area contributed by atoms with Crippen molar-refractivity contribution >= 4 is 11.6 Å². The maximum absolute atomic E-state index is 12.7. The van der Waals surface area contributed by atoms with Gasteiger partial charge in [-0.1, -0.05) is 36.4 Å². The number of para-hydroxylation sites is 2. The van der Waals surface area contributed by atoms with Gasteiger partial charge in [-0.05, 0) is 23.3 Å². The van der Waals surface area contributed by atoms with Gasteiger partial charge in [-0.15, -0.1) is 0 Å². The molecule has 0 bridgehead atoms. The van der Waals surface area contributed by atoms with Gasteiger partial charge in [0.15, 0.2) is 11.6 Å². The zero-order valence-electron chi connectivity index (χ0n) is 13.0. The Balaban J connectivity index is 1.71. The number of Topliss-reactive ketones (excluding diaryl/α,β-unsaturated/α-hetero) is 2. The van der Waals surface area contributed by atoms with E-state index in [1.165, 1.54) is 0 Å². The van der Waals surface area contributed by atoms with Crippen LogP contribution in [0.3, 0.4) is 0 Å². The molecule has 2 heterocycles. The van der Waals surface area contributed by atoms with E-state index < -0.39 is 0 Å². The molecule has 24 heavy (non-hydrogen) atoms. The first-order chi connectivity index (χ1) is 11.8. The molecule has 4 nitrogen and oxygen atoms in total. The fraction of sp³-hybridized carbons (Fsp3) is 0.300. The van der Waals surface area contributed by atoms with Crippen molar-refractivity contribution in [2.45, 2.75) is 11.8 Å². The largest absolute Gasteiger partial charge is 0.486 e. The Morgan fingerprint density at radius 2 is 1.04 bits per heavy atom. The number of carbonyl (C=O) groups excluding carboxylic acids is 2. The molecule has 0 amide bonds. The van der Waals surface area contributed by atoms with Crippen molar-refractivity contribution in [3.63, 3.8) is 0 Å². The van der Waals surface area contributed by atoms with Crippen LogP contribution in [0.4, 0.5) is 0 Å². The smallest absolute Gasteiger partial charge is 0.174 e. The van der Waals surface area contributed by atoms with Gasteiger partial charge < -0.3 is 9.47 Å². The summed E-state index contributed by atoms with van der Waals surface area (Å²) in [6.45, 7) is 0.0777. The van der Waals surface area contributed by atoms with Crippen molar-refractivity contribution in [3.8, 4) is 11.5 Å². The highest BCUT2D eigenvalue weighted by molar-refractivity contribution is 5.96. The van der Waals surface area contributed by atoms with Crippen LogP contribution in [0.15, 0.2) is 48.5 Å². The quantitative estimate of drug-likeness (QED) is 0.749. The lowest BCUT2D eigenvalue weighted by atomic mass is 9.50. The Morgan fingerprint density at radius 1 is 0.625 bits per heavy atom. The summed E-state index contributed by atoms with van der Waals surface area (Å²) in [5, 5.41) is 0. The summed E-state index contributed by atoms with van der Waals surface area (Å²) in [5.74, 6) is 0.900. The Labute approximate surface area is 139 Å². The van der Waals surface area contributed by atoms with Crippen LogP contribution in [0.1, 0.15) is 23.0 Å². The van der Waals surface area contributed by atoms with Crippen LogP contribution in [-0.2, 0) is 9.59 Å². The molecule has 0 spiro atoms. The number of benzene rings is 2. The minimum atomic E-state index is -0.305. The molecule has 0 N–H and O–H groups in total. The van der Waals surface area contributed by atoms with Crippen molar-refractivity contribution in [3.05, 3.63) is 59.7 Å². The van der Waals surface area contributed by atoms with Gasteiger partial charge in [-0.2, -0.15) is 0 Å². The maximum atomic E-state index is 12.7. The van der Waals surface area contributed by atoms with Gasteiger partial charge in [0.1, 0.15) is 24.7 Å². The van der Waals surface area contributed by atoms with E-state index in [0.717, 1.165) is 22.6 Å². The Kier molecular flexibility index (Phi) is 2.84. The number of fused-ring (bicyclic) bond motifs is 8.